The normalized spacial score (nSPS) is 14.3. The first-order valence-corrected chi connectivity index (χ1v) is 22.2. The van der Waals surface area contributed by atoms with Crippen LogP contribution >= 0.6 is 7.82 Å². The number of carbonyl (C=O) groups excluding carboxylic acids is 2. The Bertz CT molecular complexity index is 1220. The molecule has 0 radical (unpaired) electrons. The molecule has 0 aliphatic rings. The Morgan fingerprint density at radius 3 is 1.33 bits per heavy atom. The Labute approximate surface area is 334 Å². The summed E-state index contributed by atoms with van der Waals surface area (Å²) in [5.41, 5.74) is 5.33. The lowest BCUT2D eigenvalue weighted by molar-refractivity contribution is -0.161. The number of hydrogen-bond donors (Lipinski definition) is 2. The monoisotopic (exact) mass is 788 g/mol. The molecule has 55 heavy (non-hydrogen) atoms. The summed E-state index contributed by atoms with van der Waals surface area (Å²) in [5.74, 6) is -0.972. The third-order valence-corrected chi connectivity index (χ3v) is 8.93. The number of allylic oxidation sites excluding steroid dienone is 16. The topological polar surface area (TPSA) is 134 Å². The third kappa shape index (κ3) is 40.4. The van der Waals surface area contributed by atoms with E-state index in [4.69, 9.17) is 24.3 Å². The molecule has 0 aromatic carbocycles. The van der Waals surface area contributed by atoms with Crippen molar-refractivity contribution in [1.82, 2.24) is 0 Å². The van der Waals surface area contributed by atoms with Gasteiger partial charge in [-0.1, -0.05) is 137 Å². The highest BCUT2D eigenvalue weighted by Crippen LogP contribution is 2.43. The molecule has 0 aromatic rings. The number of esters is 2. The second-order valence-corrected chi connectivity index (χ2v) is 14.6. The number of hydrogen-bond acceptors (Lipinski definition) is 8. The molecule has 0 heterocycles. The molecule has 2 atom stereocenters. The molecule has 10 heteroatoms. The molecular weight excluding hydrogens is 713 g/mol. The van der Waals surface area contributed by atoms with E-state index in [0.29, 0.717) is 19.3 Å². The lowest BCUT2D eigenvalue weighted by Gasteiger charge is -2.19. The van der Waals surface area contributed by atoms with Gasteiger partial charge in [-0.05, 0) is 89.9 Å². The summed E-state index contributed by atoms with van der Waals surface area (Å²) in [7, 11) is -4.41. The van der Waals surface area contributed by atoms with Gasteiger partial charge in [0.25, 0.3) is 0 Å². The van der Waals surface area contributed by atoms with Crippen molar-refractivity contribution < 1.29 is 37.6 Å². The number of phosphoric ester groups is 1. The molecule has 0 fully saturated rings. The fraction of sp³-hybridized carbons (Fsp3) is 0.600. The van der Waals surface area contributed by atoms with E-state index in [1.807, 2.05) is 12.2 Å². The predicted molar refractivity (Wildman–Crippen MR) is 228 cm³/mol. The minimum Gasteiger partial charge on any atom is -0.462 e. The summed E-state index contributed by atoms with van der Waals surface area (Å²) in [4.78, 5) is 34.8. The molecule has 0 spiro atoms. The van der Waals surface area contributed by atoms with Crippen LogP contribution in [0.4, 0.5) is 0 Å². The van der Waals surface area contributed by atoms with Crippen molar-refractivity contribution in [2.75, 3.05) is 26.4 Å². The second-order valence-electron chi connectivity index (χ2n) is 13.1. The van der Waals surface area contributed by atoms with Crippen LogP contribution in [0.3, 0.4) is 0 Å². The van der Waals surface area contributed by atoms with Gasteiger partial charge in [-0.25, -0.2) is 4.57 Å². The molecule has 2 unspecified atom stereocenters. The van der Waals surface area contributed by atoms with Crippen LogP contribution in [0.5, 0.6) is 0 Å². The van der Waals surface area contributed by atoms with Crippen molar-refractivity contribution >= 4 is 19.8 Å². The number of phosphoric acid groups is 1. The maximum absolute atomic E-state index is 12.5. The first-order chi connectivity index (χ1) is 26.8. The van der Waals surface area contributed by atoms with Crippen LogP contribution in [0.15, 0.2) is 97.2 Å². The molecule has 0 aliphatic carbocycles. The van der Waals surface area contributed by atoms with Crippen molar-refractivity contribution in [3.63, 3.8) is 0 Å². The number of rotatable bonds is 37. The van der Waals surface area contributed by atoms with Crippen molar-refractivity contribution in [2.24, 2.45) is 5.73 Å². The van der Waals surface area contributed by atoms with Crippen LogP contribution in [0.1, 0.15) is 142 Å². The van der Waals surface area contributed by atoms with E-state index in [-0.39, 0.29) is 32.6 Å². The fourth-order valence-electron chi connectivity index (χ4n) is 4.85. The Hall–Kier alpha value is -3.07. The van der Waals surface area contributed by atoms with Crippen molar-refractivity contribution in [3.05, 3.63) is 97.2 Å². The molecule has 0 rings (SSSR count). The van der Waals surface area contributed by atoms with Gasteiger partial charge in [0.15, 0.2) is 6.10 Å². The highest BCUT2D eigenvalue weighted by atomic mass is 31.2. The fourth-order valence-corrected chi connectivity index (χ4v) is 5.62. The number of nitrogens with two attached hydrogens (primary N) is 1. The highest BCUT2D eigenvalue weighted by Gasteiger charge is 2.25. The second kappa shape index (κ2) is 40.6. The van der Waals surface area contributed by atoms with Gasteiger partial charge in [-0.15, -0.1) is 0 Å². The summed E-state index contributed by atoms with van der Waals surface area (Å²) >= 11 is 0. The molecule has 0 amide bonds. The van der Waals surface area contributed by atoms with E-state index in [9.17, 15) is 19.0 Å². The van der Waals surface area contributed by atoms with Gasteiger partial charge in [0.2, 0.25) is 0 Å². The van der Waals surface area contributed by atoms with Crippen LogP contribution in [0.25, 0.3) is 0 Å². The van der Waals surface area contributed by atoms with E-state index in [0.717, 1.165) is 51.4 Å². The van der Waals surface area contributed by atoms with Crippen molar-refractivity contribution in [1.29, 1.82) is 0 Å². The maximum atomic E-state index is 12.5. The smallest absolute Gasteiger partial charge is 0.462 e. The zero-order valence-electron chi connectivity index (χ0n) is 34.1. The van der Waals surface area contributed by atoms with Gasteiger partial charge < -0.3 is 20.1 Å². The van der Waals surface area contributed by atoms with Gasteiger partial charge >= 0.3 is 19.8 Å². The molecule has 3 N–H and O–H groups in total. The summed E-state index contributed by atoms with van der Waals surface area (Å²) in [6, 6.07) is 0. The Morgan fingerprint density at radius 2 is 0.927 bits per heavy atom. The van der Waals surface area contributed by atoms with Crippen LogP contribution in [0.2, 0.25) is 0 Å². The lowest BCUT2D eigenvalue weighted by Crippen LogP contribution is -2.29. The van der Waals surface area contributed by atoms with Crippen molar-refractivity contribution in [2.45, 2.75) is 148 Å². The van der Waals surface area contributed by atoms with Gasteiger partial charge in [0.05, 0.1) is 13.2 Å². The first kappa shape index (κ1) is 51.9. The zero-order chi connectivity index (χ0) is 40.3. The lowest BCUT2D eigenvalue weighted by atomic mass is 10.2. The minimum atomic E-state index is -4.41. The minimum absolute atomic E-state index is 0.0322. The van der Waals surface area contributed by atoms with Gasteiger partial charge in [0, 0.05) is 19.4 Å². The molecule has 0 aromatic heterocycles. The molecule has 0 saturated heterocycles. The van der Waals surface area contributed by atoms with Gasteiger partial charge in [0.1, 0.15) is 6.61 Å². The zero-order valence-corrected chi connectivity index (χ0v) is 35.0. The van der Waals surface area contributed by atoms with Crippen molar-refractivity contribution in [3.8, 4) is 0 Å². The average molecular weight is 788 g/mol. The largest absolute Gasteiger partial charge is 0.472 e. The molecule has 0 aliphatic heterocycles. The summed E-state index contributed by atoms with van der Waals surface area (Å²) in [6.07, 6.45) is 51.6. The molecule has 9 nitrogen and oxygen atoms in total. The van der Waals surface area contributed by atoms with E-state index in [2.05, 4.69) is 98.9 Å². The van der Waals surface area contributed by atoms with Crippen LogP contribution in [0, 0.1) is 0 Å². The van der Waals surface area contributed by atoms with E-state index < -0.39 is 32.5 Å². The Morgan fingerprint density at radius 1 is 0.545 bits per heavy atom. The van der Waals surface area contributed by atoms with Gasteiger partial charge in [-0.2, -0.15) is 0 Å². The third-order valence-electron chi connectivity index (χ3n) is 7.94. The maximum Gasteiger partial charge on any atom is 0.472 e. The SMILES string of the molecule is CCCCC/C=C\C/C=C\C/C=C\C/C=C\CCCC(=O)OCC(COP(=O)(O)OCCN)OC(=O)CCC/C=C\C/C=C\C/C=C\C/C=C\CCCCC. The molecule has 0 bridgehead atoms. The predicted octanol–water partition coefficient (Wildman–Crippen LogP) is 11.8. The Balaban J connectivity index is 4.40. The van der Waals surface area contributed by atoms with Gasteiger partial charge in [-0.3, -0.25) is 18.6 Å². The van der Waals surface area contributed by atoms with Crippen LogP contribution in [-0.2, 0) is 32.7 Å². The van der Waals surface area contributed by atoms with Crippen LogP contribution in [-0.4, -0.2) is 49.3 Å². The van der Waals surface area contributed by atoms with E-state index in [1.165, 1.54) is 44.9 Å². The quantitative estimate of drug-likeness (QED) is 0.0273. The first-order valence-electron chi connectivity index (χ1n) is 20.7. The highest BCUT2D eigenvalue weighted by molar-refractivity contribution is 7.47. The summed E-state index contributed by atoms with van der Waals surface area (Å²) < 4.78 is 32.6. The number of unbranched alkanes of at least 4 members (excludes halogenated alkanes) is 8. The molecule has 0 saturated carbocycles. The average Bonchev–Trinajstić information content (AvgIpc) is 3.17. The summed E-state index contributed by atoms with van der Waals surface area (Å²) in [6.45, 7) is 3.52. The Kier molecular flexibility index (Phi) is 38.3. The summed E-state index contributed by atoms with van der Waals surface area (Å²) in [5, 5.41) is 0. The van der Waals surface area contributed by atoms with E-state index >= 15 is 0 Å². The molecule has 312 valence electrons. The van der Waals surface area contributed by atoms with E-state index in [1.54, 1.807) is 0 Å². The number of carbonyl (C=O) groups is 2. The van der Waals surface area contributed by atoms with Crippen LogP contribution < -0.4 is 5.73 Å². The number of ether oxygens (including phenoxy) is 2. The molecular formula is C45H74NO8P. The standard InChI is InChI=1S/C45H74NO8P/c1-3-5-7-9-11-13-15-17-19-21-23-25-27-29-31-33-35-37-44(47)51-41-43(42-53-55(49,50)52-40-39-46)54-45(48)38-36-34-32-30-28-26-24-22-20-18-16-14-12-10-8-6-4-2/h11-14,17-20,23-26,29-32,43H,3-10,15-16,21-22,27-28,33-42,46H2,1-2H3,(H,49,50)/b13-11-,14-12-,19-17-,20-18-,25-23-,26-24-,31-29-,32-30-.